The number of rotatable bonds is 4. The molecule has 0 spiro atoms. The third kappa shape index (κ3) is 3.68. The molecule has 0 aliphatic heterocycles. The molecule has 2 rings (SSSR count). The fraction of sp³-hybridized carbons (Fsp3) is 0.769. The van der Waals surface area contributed by atoms with Gasteiger partial charge in [-0.3, -0.25) is 0 Å². The monoisotopic (exact) mass is 265 g/mol. The number of aryl methyl sites for hydroxylation is 1. The van der Waals surface area contributed by atoms with Crippen molar-refractivity contribution in [1.29, 1.82) is 0 Å². The topological polar surface area (TPSA) is 71.8 Å². The lowest BCUT2D eigenvalue weighted by atomic mass is 9.86. The average molecular weight is 265 g/mol. The largest absolute Gasteiger partial charge is 0.335 e. The molecule has 1 aromatic rings. The molecule has 1 heterocycles. The Bertz CT molecular complexity index is 417. The number of carbonyl (C=O) groups is 1. The first-order valence-electron chi connectivity index (χ1n) is 7.11. The summed E-state index contributed by atoms with van der Waals surface area (Å²) in [4.78, 5) is 11.9. The SMILES string of the molecule is CCn1cnnc1CNC(=O)N[C@H]1CCCC[C@@H]1C. The van der Waals surface area contributed by atoms with Crippen molar-refractivity contribution in [3.63, 3.8) is 0 Å². The Morgan fingerprint density at radius 2 is 2.26 bits per heavy atom. The van der Waals surface area contributed by atoms with Gasteiger partial charge in [0, 0.05) is 12.6 Å². The summed E-state index contributed by atoms with van der Waals surface area (Å²) >= 11 is 0. The molecule has 0 bridgehead atoms. The highest BCUT2D eigenvalue weighted by atomic mass is 16.2. The highest BCUT2D eigenvalue weighted by molar-refractivity contribution is 5.74. The number of aromatic nitrogens is 3. The first-order chi connectivity index (χ1) is 9.20. The van der Waals surface area contributed by atoms with Crippen LogP contribution in [0.1, 0.15) is 45.4 Å². The van der Waals surface area contributed by atoms with Gasteiger partial charge >= 0.3 is 6.03 Å². The van der Waals surface area contributed by atoms with Gasteiger partial charge in [-0.15, -0.1) is 10.2 Å². The van der Waals surface area contributed by atoms with Gasteiger partial charge in [-0.05, 0) is 25.7 Å². The van der Waals surface area contributed by atoms with Crippen molar-refractivity contribution in [3.8, 4) is 0 Å². The van der Waals surface area contributed by atoms with E-state index in [4.69, 9.17) is 0 Å². The van der Waals surface area contributed by atoms with Crippen LogP contribution in [0.25, 0.3) is 0 Å². The van der Waals surface area contributed by atoms with Gasteiger partial charge in [0.1, 0.15) is 6.33 Å². The van der Waals surface area contributed by atoms with Gasteiger partial charge in [-0.1, -0.05) is 19.8 Å². The van der Waals surface area contributed by atoms with Crippen molar-refractivity contribution in [1.82, 2.24) is 25.4 Å². The minimum absolute atomic E-state index is 0.107. The van der Waals surface area contributed by atoms with Crippen LogP contribution in [0.4, 0.5) is 4.79 Å². The molecule has 0 aromatic carbocycles. The van der Waals surface area contributed by atoms with E-state index >= 15 is 0 Å². The Morgan fingerprint density at radius 1 is 1.47 bits per heavy atom. The predicted molar refractivity (Wildman–Crippen MR) is 72.5 cm³/mol. The van der Waals surface area contributed by atoms with E-state index in [1.807, 2.05) is 11.5 Å². The molecule has 0 radical (unpaired) electrons. The van der Waals surface area contributed by atoms with E-state index < -0.39 is 0 Å². The average Bonchev–Trinajstić information content (AvgIpc) is 2.86. The fourth-order valence-electron chi connectivity index (χ4n) is 2.59. The number of nitrogens with zero attached hydrogens (tertiary/aromatic N) is 3. The van der Waals surface area contributed by atoms with Crippen LogP contribution in [0.5, 0.6) is 0 Å². The van der Waals surface area contributed by atoms with Crippen LogP contribution >= 0.6 is 0 Å². The van der Waals surface area contributed by atoms with Crippen LogP contribution in [-0.2, 0) is 13.1 Å². The number of hydrogen-bond donors (Lipinski definition) is 2. The lowest BCUT2D eigenvalue weighted by Gasteiger charge is -2.29. The van der Waals surface area contributed by atoms with Crippen LogP contribution < -0.4 is 10.6 Å². The molecule has 2 atom stereocenters. The normalized spacial score (nSPS) is 23.1. The summed E-state index contributed by atoms with van der Waals surface area (Å²) in [5, 5.41) is 13.7. The maximum Gasteiger partial charge on any atom is 0.315 e. The molecule has 0 saturated heterocycles. The summed E-state index contributed by atoms with van der Waals surface area (Å²) in [6.45, 7) is 5.46. The minimum atomic E-state index is -0.107. The molecule has 2 N–H and O–H groups in total. The molecule has 19 heavy (non-hydrogen) atoms. The van der Waals surface area contributed by atoms with E-state index in [9.17, 15) is 4.79 Å². The summed E-state index contributed by atoms with van der Waals surface area (Å²) in [5.41, 5.74) is 0. The van der Waals surface area contributed by atoms with E-state index in [2.05, 4.69) is 27.8 Å². The summed E-state index contributed by atoms with van der Waals surface area (Å²) in [6, 6.07) is 0.196. The van der Waals surface area contributed by atoms with Crippen molar-refractivity contribution < 1.29 is 4.79 Å². The molecule has 6 nitrogen and oxygen atoms in total. The van der Waals surface area contributed by atoms with Crippen molar-refractivity contribution in [3.05, 3.63) is 12.2 Å². The molecular formula is C13H23N5O. The van der Waals surface area contributed by atoms with Gasteiger partial charge in [-0.25, -0.2) is 4.79 Å². The number of hydrogen-bond acceptors (Lipinski definition) is 3. The molecule has 1 aromatic heterocycles. The maximum absolute atomic E-state index is 11.9. The van der Waals surface area contributed by atoms with E-state index in [1.54, 1.807) is 6.33 Å². The molecule has 1 aliphatic carbocycles. The van der Waals surface area contributed by atoms with Crippen molar-refractivity contribution in [2.75, 3.05) is 0 Å². The third-order valence-electron chi connectivity index (χ3n) is 3.87. The van der Waals surface area contributed by atoms with Crippen molar-refractivity contribution in [2.45, 2.75) is 58.7 Å². The quantitative estimate of drug-likeness (QED) is 0.870. The second kappa shape index (κ2) is 6.54. The van der Waals surface area contributed by atoms with Gasteiger partial charge in [0.25, 0.3) is 0 Å². The minimum Gasteiger partial charge on any atom is -0.335 e. The Labute approximate surface area is 114 Å². The van der Waals surface area contributed by atoms with Crippen LogP contribution in [0.15, 0.2) is 6.33 Å². The predicted octanol–water partition coefficient (Wildman–Crippen LogP) is 1.68. The van der Waals surface area contributed by atoms with E-state index in [0.29, 0.717) is 18.5 Å². The number of urea groups is 1. The maximum atomic E-state index is 11.9. The molecule has 106 valence electrons. The highest BCUT2D eigenvalue weighted by Crippen LogP contribution is 2.23. The van der Waals surface area contributed by atoms with Crippen LogP contribution in [0.2, 0.25) is 0 Å². The second-order valence-corrected chi connectivity index (χ2v) is 5.23. The van der Waals surface area contributed by atoms with Crippen LogP contribution in [0, 0.1) is 5.92 Å². The van der Waals surface area contributed by atoms with Gasteiger partial charge < -0.3 is 15.2 Å². The second-order valence-electron chi connectivity index (χ2n) is 5.23. The zero-order valence-electron chi connectivity index (χ0n) is 11.7. The van der Waals surface area contributed by atoms with Crippen molar-refractivity contribution >= 4 is 6.03 Å². The lowest BCUT2D eigenvalue weighted by Crippen LogP contribution is -2.46. The molecule has 0 unspecified atom stereocenters. The summed E-state index contributed by atoms with van der Waals surface area (Å²) in [7, 11) is 0. The number of carbonyl (C=O) groups excluding carboxylic acids is 1. The Balaban J connectivity index is 1.78. The smallest absolute Gasteiger partial charge is 0.315 e. The Kier molecular flexibility index (Phi) is 4.76. The zero-order chi connectivity index (χ0) is 13.7. The Hall–Kier alpha value is -1.59. The summed E-state index contributed by atoms with van der Waals surface area (Å²) < 4.78 is 1.92. The van der Waals surface area contributed by atoms with Crippen molar-refractivity contribution in [2.24, 2.45) is 5.92 Å². The zero-order valence-corrected chi connectivity index (χ0v) is 11.7. The van der Waals surface area contributed by atoms with Gasteiger partial charge in [-0.2, -0.15) is 0 Å². The van der Waals surface area contributed by atoms with E-state index in [-0.39, 0.29) is 6.03 Å². The van der Waals surface area contributed by atoms with Gasteiger partial charge in [0.15, 0.2) is 5.82 Å². The van der Waals surface area contributed by atoms with E-state index in [0.717, 1.165) is 18.8 Å². The van der Waals surface area contributed by atoms with Gasteiger partial charge in [0.2, 0.25) is 0 Å². The first-order valence-corrected chi connectivity index (χ1v) is 7.11. The molecule has 1 saturated carbocycles. The number of nitrogens with one attached hydrogen (secondary N) is 2. The fourth-order valence-corrected chi connectivity index (χ4v) is 2.59. The first kappa shape index (κ1) is 13.8. The van der Waals surface area contributed by atoms with Gasteiger partial charge in [0.05, 0.1) is 6.54 Å². The molecule has 1 fully saturated rings. The molecule has 1 aliphatic rings. The lowest BCUT2D eigenvalue weighted by molar-refractivity contribution is 0.221. The third-order valence-corrected chi connectivity index (χ3v) is 3.87. The Morgan fingerprint density at radius 3 is 3.00 bits per heavy atom. The van der Waals surface area contributed by atoms with Crippen LogP contribution in [0.3, 0.4) is 0 Å². The van der Waals surface area contributed by atoms with E-state index in [1.165, 1.54) is 19.3 Å². The number of amides is 2. The van der Waals surface area contributed by atoms with Crippen LogP contribution in [-0.4, -0.2) is 26.8 Å². The summed E-state index contributed by atoms with van der Waals surface area (Å²) in [5.74, 6) is 1.35. The highest BCUT2D eigenvalue weighted by Gasteiger charge is 2.22. The molecular weight excluding hydrogens is 242 g/mol. The molecule has 2 amide bonds. The standard InChI is InChI=1S/C13H23N5O/c1-3-18-9-15-17-12(18)8-14-13(19)16-11-7-5-4-6-10(11)2/h9-11H,3-8H2,1-2H3,(H2,14,16,19)/t10-,11-/m0/s1. The summed E-state index contributed by atoms with van der Waals surface area (Å²) in [6.07, 6.45) is 6.45. The molecule has 6 heteroatoms.